The fourth-order valence-corrected chi connectivity index (χ4v) is 1.64. The molecule has 0 aromatic heterocycles. The van der Waals surface area contributed by atoms with Gasteiger partial charge in [-0.1, -0.05) is 0 Å². The lowest BCUT2D eigenvalue weighted by Crippen LogP contribution is -2.64. The van der Waals surface area contributed by atoms with Crippen LogP contribution in [0.5, 0.6) is 0 Å². The Kier molecular flexibility index (Phi) is 4.63. The van der Waals surface area contributed by atoms with Crippen LogP contribution in [0.2, 0.25) is 0 Å². The molecule has 1 saturated heterocycles. The number of nitrogens with one attached hydrogen (secondary N) is 1. The van der Waals surface area contributed by atoms with E-state index in [1.807, 2.05) is 0 Å². The molecule has 94 valence electrons. The van der Waals surface area contributed by atoms with Crippen LogP contribution in [0.15, 0.2) is 0 Å². The predicted octanol–water partition coefficient (Wildman–Crippen LogP) is -2.42. The van der Waals surface area contributed by atoms with E-state index >= 15 is 0 Å². The zero-order valence-corrected chi connectivity index (χ0v) is 9.16. The molecule has 0 spiro atoms. The van der Waals surface area contributed by atoms with Crippen molar-refractivity contribution in [2.45, 2.75) is 37.6 Å². The minimum Gasteiger partial charge on any atom is -0.388 e. The number of hydrogen-bond donors (Lipinski definition) is 4. The summed E-state index contributed by atoms with van der Waals surface area (Å²) in [5.41, 5.74) is 0. The largest absolute Gasteiger partial charge is 0.388 e. The lowest BCUT2D eigenvalue weighted by Gasteiger charge is -2.40. The van der Waals surface area contributed by atoms with Gasteiger partial charge in [0.1, 0.15) is 24.4 Å². The number of aliphatic hydroxyl groups is 3. The van der Waals surface area contributed by atoms with Crippen molar-refractivity contribution in [1.82, 2.24) is 5.32 Å². The Bertz CT molecular complexity index is 248. The molecule has 16 heavy (non-hydrogen) atoms. The Morgan fingerprint density at radius 2 is 2.00 bits per heavy atom. The number of amides is 1. The van der Waals surface area contributed by atoms with Crippen LogP contribution >= 0.6 is 0 Å². The van der Waals surface area contributed by atoms with Gasteiger partial charge in [0.2, 0.25) is 5.91 Å². The van der Waals surface area contributed by atoms with Crippen LogP contribution in [0, 0.1) is 0 Å². The van der Waals surface area contributed by atoms with Gasteiger partial charge >= 0.3 is 0 Å². The fourth-order valence-electron chi connectivity index (χ4n) is 1.64. The van der Waals surface area contributed by atoms with E-state index in [0.717, 1.165) is 0 Å². The van der Waals surface area contributed by atoms with Crippen molar-refractivity contribution >= 4 is 5.91 Å². The van der Waals surface area contributed by atoms with Crippen LogP contribution < -0.4 is 5.32 Å². The summed E-state index contributed by atoms with van der Waals surface area (Å²) in [4.78, 5) is 10.8. The maximum Gasteiger partial charge on any atom is 0.217 e. The maximum absolute atomic E-state index is 10.8. The highest BCUT2D eigenvalue weighted by Crippen LogP contribution is 2.20. The number of rotatable bonds is 3. The molecule has 1 aliphatic rings. The van der Waals surface area contributed by atoms with Gasteiger partial charge < -0.3 is 30.1 Å². The number of carbonyl (C=O) groups excluding carboxylic acids is 1. The third-order valence-electron chi connectivity index (χ3n) is 2.42. The van der Waals surface area contributed by atoms with Gasteiger partial charge in [-0.3, -0.25) is 4.79 Å². The molecule has 1 fully saturated rings. The second kappa shape index (κ2) is 5.55. The molecular formula is C9H17NO6. The molecule has 0 aromatic carbocycles. The van der Waals surface area contributed by atoms with Crippen LogP contribution in [0.3, 0.4) is 0 Å². The van der Waals surface area contributed by atoms with Gasteiger partial charge in [0.25, 0.3) is 0 Å². The van der Waals surface area contributed by atoms with Gasteiger partial charge in [0.15, 0.2) is 6.29 Å². The lowest BCUT2D eigenvalue weighted by atomic mass is 9.97. The fraction of sp³-hybridized carbons (Fsp3) is 0.889. The number of hydrogen-bond acceptors (Lipinski definition) is 6. The summed E-state index contributed by atoms with van der Waals surface area (Å²) in [6, 6.07) is -1.04. The monoisotopic (exact) mass is 235 g/mol. The molecule has 0 unspecified atom stereocenters. The molecule has 0 radical (unpaired) electrons. The summed E-state index contributed by atoms with van der Waals surface area (Å²) >= 11 is 0. The first-order chi connectivity index (χ1) is 7.47. The van der Waals surface area contributed by atoms with E-state index in [1.54, 1.807) is 0 Å². The highest BCUT2D eigenvalue weighted by Gasteiger charge is 2.44. The Hall–Kier alpha value is -0.730. The topological polar surface area (TPSA) is 108 Å². The molecular weight excluding hydrogens is 218 g/mol. The normalized spacial score (nSPS) is 39.4. The second-order valence-electron chi connectivity index (χ2n) is 3.73. The summed E-state index contributed by atoms with van der Waals surface area (Å²) in [5.74, 6) is -0.427. The quantitative estimate of drug-likeness (QED) is 0.433. The average molecular weight is 235 g/mol. The van der Waals surface area contributed by atoms with Gasteiger partial charge in [0.05, 0.1) is 6.61 Å². The zero-order chi connectivity index (χ0) is 12.3. The van der Waals surface area contributed by atoms with Crippen molar-refractivity contribution in [2.75, 3.05) is 13.7 Å². The Labute approximate surface area is 93.0 Å². The van der Waals surface area contributed by atoms with E-state index in [2.05, 4.69) is 5.32 Å². The van der Waals surface area contributed by atoms with Crippen molar-refractivity contribution in [3.05, 3.63) is 0 Å². The third kappa shape index (κ3) is 2.89. The van der Waals surface area contributed by atoms with Gasteiger partial charge in [-0.2, -0.15) is 0 Å². The first-order valence-electron chi connectivity index (χ1n) is 4.93. The van der Waals surface area contributed by atoms with Crippen molar-refractivity contribution in [1.29, 1.82) is 0 Å². The maximum atomic E-state index is 10.8. The number of carbonyl (C=O) groups is 1. The first-order valence-corrected chi connectivity index (χ1v) is 4.93. The van der Waals surface area contributed by atoms with Crippen molar-refractivity contribution in [3.63, 3.8) is 0 Å². The molecule has 4 N–H and O–H groups in total. The van der Waals surface area contributed by atoms with E-state index in [9.17, 15) is 20.1 Å². The molecule has 0 bridgehead atoms. The van der Waals surface area contributed by atoms with E-state index in [1.165, 1.54) is 14.0 Å². The van der Waals surface area contributed by atoms with Gasteiger partial charge in [-0.25, -0.2) is 0 Å². The molecule has 7 heteroatoms. The molecule has 7 nitrogen and oxygen atoms in total. The minimum atomic E-state index is -1.37. The van der Waals surface area contributed by atoms with Crippen LogP contribution in [-0.2, 0) is 14.3 Å². The molecule has 5 atom stereocenters. The van der Waals surface area contributed by atoms with E-state index in [0.29, 0.717) is 0 Å². The van der Waals surface area contributed by atoms with Crippen molar-refractivity contribution in [2.24, 2.45) is 0 Å². The predicted molar refractivity (Wildman–Crippen MR) is 52.4 cm³/mol. The molecule has 0 aliphatic carbocycles. The standard InChI is InChI=1S/C9H17NO6/c1-4(11)10-6-8(13)7(12)5(3-15-2)16-9(6)14/h5-9,12-14H,3H2,1-2H3,(H,10,11)/t5-,6-,7+,8-,9-/m1/s1. The Morgan fingerprint density at radius 1 is 1.38 bits per heavy atom. The highest BCUT2D eigenvalue weighted by molar-refractivity contribution is 5.73. The SMILES string of the molecule is COC[C@H]1O[C@@H](O)[C@H](NC(C)=O)[C@@H](O)[C@H]1O. The molecule has 0 aromatic rings. The lowest BCUT2D eigenvalue weighted by molar-refractivity contribution is -0.255. The van der Waals surface area contributed by atoms with E-state index in [-0.39, 0.29) is 6.61 Å². The average Bonchev–Trinajstić information content (AvgIpc) is 2.21. The molecule has 0 saturated carbocycles. The number of methoxy groups -OCH3 is 1. The summed E-state index contributed by atoms with van der Waals surface area (Å²) in [6.45, 7) is 1.29. The summed E-state index contributed by atoms with van der Waals surface area (Å²) < 4.78 is 9.80. The zero-order valence-electron chi connectivity index (χ0n) is 9.16. The minimum absolute atomic E-state index is 0.0437. The highest BCUT2D eigenvalue weighted by atomic mass is 16.6. The molecule has 1 rings (SSSR count). The smallest absolute Gasteiger partial charge is 0.217 e. The number of aliphatic hydroxyl groups excluding tert-OH is 3. The summed E-state index contributed by atoms with van der Waals surface area (Å²) in [7, 11) is 1.41. The van der Waals surface area contributed by atoms with Crippen LogP contribution in [0.1, 0.15) is 6.92 Å². The second-order valence-corrected chi connectivity index (χ2v) is 3.73. The molecule has 1 heterocycles. The number of ether oxygens (including phenoxy) is 2. The summed E-state index contributed by atoms with van der Waals surface area (Å²) in [6.07, 6.45) is -4.71. The van der Waals surface area contributed by atoms with Crippen LogP contribution in [0.4, 0.5) is 0 Å². The van der Waals surface area contributed by atoms with E-state index < -0.39 is 36.6 Å². The van der Waals surface area contributed by atoms with Crippen molar-refractivity contribution in [3.8, 4) is 0 Å². The van der Waals surface area contributed by atoms with Crippen LogP contribution in [0.25, 0.3) is 0 Å². The Morgan fingerprint density at radius 3 is 2.50 bits per heavy atom. The Balaban J connectivity index is 2.67. The molecule has 1 aliphatic heterocycles. The summed E-state index contributed by atoms with van der Waals surface area (Å²) in [5, 5.41) is 31.2. The molecule has 1 amide bonds. The van der Waals surface area contributed by atoms with Gasteiger partial charge in [-0.15, -0.1) is 0 Å². The van der Waals surface area contributed by atoms with Crippen LogP contribution in [-0.4, -0.2) is 65.6 Å². The van der Waals surface area contributed by atoms with Gasteiger partial charge in [0, 0.05) is 14.0 Å². The van der Waals surface area contributed by atoms with E-state index in [4.69, 9.17) is 9.47 Å². The van der Waals surface area contributed by atoms with Crippen molar-refractivity contribution < 1.29 is 29.6 Å². The first kappa shape index (κ1) is 13.3. The van der Waals surface area contributed by atoms with Gasteiger partial charge in [-0.05, 0) is 0 Å². The third-order valence-corrected chi connectivity index (χ3v) is 2.42.